The van der Waals surface area contributed by atoms with E-state index in [9.17, 15) is 0 Å². The molecule has 0 bridgehead atoms. The van der Waals surface area contributed by atoms with Crippen LogP contribution in [-0.2, 0) is 5.41 Å². The zero-order chi connectivity index (χ0) is 23.5. The number of benzene rings is 1. The molecule has 4 atom stereocenters. The first-order valence-electron chi connectivity index (χ1n) is 12.9. The molecule has 1 aliphatic carbocycles. The second-order valence-electron chi connectivity index (χ2n) is 12.3. The number of aliphatic imine (C=N–C) groups is 2. The first kappa shape index (κ1) is 25.1. The van der Waals surface area contributed by atoms with E-state index in [0.29, 0.717) is 29.5 Å². The second-order valence-corrected chi connectivity index (χ2v) is 12.3. The molecular formula is C29H47N3. The van der Waals surface area contributed by atoms with Crippen LogP contribution in [0.25, 0.3) is 0 Å². The number of nitrogens with zero attached hydrogens (tertiary/aromatic N) is 2. The summed E-state index contributed by atoms with van der Waals surface area (Å²) >= 11 is 0. The fourth-order valence-electron chi connectivity index (χ4n) is 5.54. The summed E-state index contributed by atoms with van der Waals surface area (Å²) < 4.78 is 0. The van der Waals surface area contributed by atoms with Crippen LogP contribution in [0, 0.1) is 11.3 Å². The summed E-state index contributed by atoms with van der Waals surface area (Å²) in [6, 6.07) is 9.96. The minimum absolute atomic E-state index is 0.177. The van der Waals surface area contributed by atoms with Crippen molar-refractivity contribution in [3.63, 3.8) is 0 Å². The van der Waals surface area contributed by atoms with Crippen LogP contribution in [0.3, 0.4) is 0 Å². The van der Waals surface area contributed by atoms with E-state index in [2.05, 4.69) is 85.0 Å². The molecule has 0 spiro atoms. The van der Waals surface area contributed by atoms with Crippen molar-refractivity contribution in [3.8, 4) is 0 Å². The fraction of sp³-hybridized carbons (Fsp3) is 0.724. The Labute approximate surface area is 197 Å². The van der Waals surface area contributed by atoms with Gasteiger partial charge in [-0.15, -0.1) is 0 Å². The van der Waals surface area contributed by atoms with Crippen molar-refractivity contribution in [2.75, 3.05) is 0 Å². The van der Waals surface area contributed by atoms with Crippen molar-refractivity contribution in [1.29, 1.82) is 0 Å². The van der Waals surface area contributed by atoms with Crippen molar-refractivity contribution >= 4 is 17.1 Å². The van der Waals surface area contributed by atoms with E-state index in [1.165, 1.54) is 55.5 Å². The molecule has 3 heteroatoms. The Morgan fingerprint density at radius 1 is 0.781 bits per heavy atom. The Kier molecular flexibility index (Phi) is 8.02. The molecule has 1 saturated carbocycles. The van der Waals surface area contributed by atoms with Crippen LogP contribution in [-0.4, -0.2) is 29.5 Å². The molecular weight excluding hydrogens is 390 g/mol. The third-order valence-corrected chi connectivity index (χ3v) is 7.65. The van der Waals surface area contributed by atoms with Crippen molar-refractivity contribution in [3.05, 3.63) is 29.8 Å². The molecule has 2 aliphatic rings. The lowest BCUT2D eigenvalue weighted by atomic mass is 9.69. The van der Waals surface area contributed by atoms with Gasteiger partial charge in [-0.3, -0.25) is 9.98 Å². The minimum atomic E-state index is 0.177. The average molecular weight is 438 g/mol. The molecule has 3 nitrogen and oxygen atoms in total. The van der Waals surface area contributed by atoms with Gasteiger partial charge in [-0.1, -0.05) is 66.5 Å². The van der Waals surface area contributed by atoms with Gasteiger partial charge in [0.2, 0.25) is 0 Å². The van der Waals surface area contributed by atoms with E-state index in [-0.39, 0.29) is 5.41 Å². The summed E-state index contributed by atoms with van der Waals surface area (Å²) in [6.45, 7) is 18.4. The Morgan fingerprint density at radius 3 is 1.97 bits per heavy atom. The van der Waals surface area contributed by atoms with Gasteiger partial charge in [0.1, 0.15) is 0 Å². The van der Waals surface area contributed by atoms with E-state index in [1.54, 1.807) is 0 Å². The van der Waals surface area contributed by atoms with Crippen molar-refractivity contribution in [2.45, 2.75) is 124 Å². The van der Waals surface area contributed by atoms with Gasteiger partial charge in [-0.05, 0) is 80.4 Å². The maximum Gasteiger partial charge on any atom is 0.0629 e. The first-order valence-corrected chi connectivity index (χ1v) is 12.9. The summed E-state index contributed by atoms with van der Waals surface area (Å²) in [4.78, 5) is 10.3. The predicted molar refractivity (Wildman–Crippen MR) is 141 cm³/mol. The maximum absolute atomic E-state index is 5.33. The molecule has 1 saturated heterocycles. The van der Waals surface area contributed by atoms with Crippen LogP contribution >= 0.6 is 0 Å². The minimum Gasteiger partial charge on any atom is -0.301 e. The van der Waals surface area contributed by atoms with Gasteiger partial charge in [0, 0.05) is 23.5 Å². The zero-order valence-corrected chi connectivity index (χ0v) is 22.0. The smallest absolute Gasteiger partial charge is 0.0629 e. The van der Waals surface area contributed by atoms with Crippen molar-refractivity contribution in [1.82, 2.24) is 5.32 Å². The summed E-state index contributed by atoms with van der Waals surface area (Å²) in [7, 11) is 0. The van der Waals surface area contributed by atoms with Gasteiger partial charge in [-0.2, -0.15) is 0 Å². The molecule has 1 heterocycles. The monoisotopic (exact) mass is 437 g/mol. The quantitative estimate of drug-likeness (QED) is 0.482. The van der Waals surface area contributed by atoms with E-state index >= 15 is 0 Å². The molecule has 2 fully saturated rings. The highest BCUT2D eigenvalue weighted by Crippen LogP contribution is 2.39. The van der Waals surface area contributed by atoms with Gasteiger partial charge in [0.15, 0.2) is 0 Å². The number of nitrogens with one attached hydrogen (secondary N) is 1. The molecule has 0 amide bonds. The summed E-state index contributed by atoms with van der Waals surface area (Å²) in [5.41, 5.74) is 5.42. The average Bonchev–Trinajstić information content (AvgIpc) is 2.73. The zero-order valence-electron chi connectivity index (χ0n) is 22.0. The van der Waals surface area contributed by atoms with Crippen molar-refractivity contribution < 1.29 is 0 Å². The Bertz CT molecular complexity index is 804. The maximum atomic E-state index is 5.33. The van der Waals surface area contributed by atoms with Crippen LogP contribution < -0.4 is 5.32 Å². The van der Waals surface area contributed by atoms with Gasteiger partial charge in [-0.25, -0.2) is 0 Å². The molecule has 1 aromatic rings. The highest BCUT2D eigenvalue weighted by molar-refractivity contribution is 5.92. The molecule has 0 aromatic heterocycles. The lowest BCUT2D eigenvalue weighted by Gasteiger charge is -2.39. The highest BCUT2D eigenvalue weighted by atomic mass is 15.0. The van der Waals surface area contributed by atoms with Gasteiger partial charge < -0.3 is 5.32 Å². The van der Waals surface area contributed by atoms with Gasteiger partial charge in [0.25, 0.3) is 0 Å². The van der Waals surface area contributed by atoms with E-state index in [0.717, 1.165) is 12.1 Å². The van der Waals surface area contributed by atoms with Gasteiger partial charge in [0.05, 0.1) is 11.7 Å². The van der Waals surface area contributed by atoms with Crippen molar-refractivity contribution in [2.24, 2.45) is 21.3 Å². The van der Waals surface area contributed by atoms with Crippen LogP contribution in [0.1, 0.15) is 106 Å². The van der Waals surface area contributed by atoms with Crippen LogP contribution in [0.5, 0.6) is 0 Å². The fourth-order valence-corrected chi connectivity index (χ4v) is 5.54. The summed E-state index contributed by atoms with van der Waals surface area (Å²) in [6.07, 6.45) is 8.85. The molecule has 1 N–H and O–H groups in total. The lowest BCUT2D eigenvalue weighted by molar-refractivity contribution is 0.154. The molecule has 0 radical (unpaired) electrons. The number of hydrogen-bond acceptors (Lipinski definition) is 3. The third-order valence-electron chi connectivity index (χ3n) is 7.65. The number of hydrogen-bond donors (Lipinski definition) is 1. The van der Waals surface area contributed by atoms with E-state index in [1.807, 2.05) is 0 Å². The number of rotatable bonds is 4. The molecule has 4 unspecified atom stereocenters. The third kappa shape index (κ3) is 6.53. The highest BCUT2D eigenvalue weighted by Gasteiger charge is 2.34. The molecule has 3 rings (SSSR count). The van der Waals surface area contributed by atoms with Crippen LogP contribution in [0.2, 0.25) is 0 Å². The van der Waals surface area contributed by atoms with Crippen LogP contribution in [0.4, 0.5) is 5.69 Å². The van der Waals surface area contributed by atoms with Crippen LogP contribution in [0.15, 0.2) is 34.3 Å². The topological polar surface area (TPSA) is 36.8 Å². The standard InChI is InChI=1S/C29H47N3/c1-20(30-23-18-16-22(17-19-23)28(3,4)5)25-14-11-15-26(32-25)21(2)31-27-13-10-9-12-24(27)29(6,7)8/h16-19,24-27,32H,9-15H2,1-8H3. The normalized spacial score (nSPS) is 28.6. The molecule has 1 aliphatic heterocycles. The van der Waals surface area contributed by atoms with Gasteiger partial charge >= 0.3 is 0 Å². The molecule has 178 valence electrons. The SMILES string of the molecule is CC(=Nc1ccc(C(C)(C)C)cc1)C1CCCC(C(C)=NC2CCCCC2C(C)(C)C)N1. The lowest BCUT2D eigenvalue weighted by Crippen LogP contribution is -2.49. The molecule has 1 aromatic carbocycles. The largest absolute Gasteiger partial charge is 0.301 e. The predicted octanol–water partition coefficient (Wildman–Crippen LogP) is 7.65. The Morgan fingerprint density at radius 2 is 1.38 bits per heavy atom. The first-order chi connectivity index (χ1) is 14.9. The number of piperidine rings is 1. The van der Waals surface area contributed by atoms with E-state index < -0.39 is 0 Å². The molecule has 32 heavy (non-hydrogen) atoms. The second kappa shape index (κ2) is 10.2. The van der Waals surface area contributed by atoms with E-state index in [4.69, 9.17) is 9.98 Å². The summed E-state index contributed by atoms with van der Waals surface area (Å²) in [5, 5.41) is 3.89. The summed E-state index contributed by atoms with van der Waals surface area (Å²) in [5.74, 6) is 0.699. The Balaban J connectivity index is 1.68. The Hall–Kier alpha value is -1.48.